The summed E-state index contributed by atoms with van der Waals surface area (Å²) in [4.78, 5) is 23.1. The van der Waals surface area contributed by atoms with Gasteiger partial charge in [0.2, 0.25) is 0 Å². The quantitative estimate of drug-likeness (QED) is 0.690. The number of hydrogen-bond donors (Lipinski definition) is 0. The third-order valence-corrected chi connectivity index (χ3v) is 2.41. The van der Waals surface area contributed by atoms with Crippen molar-refractivity contribution < 1.29 is 19.1 Å². The Morgan fingerprint density at radius 2 is 1.19 bits per heavy atom. The minimum Gasteiger partial charge on any atom is -0.448 e. The molecular weight excluding hydrogens is 208 g/mol. The van der Waals surface area contributed by atoms with Crippen LogP contribution >= 0.6 is 0 Å². The van der Waals surface area contributed by atoms with Gasteiger partial charge >= 0.3 is 11.9 Å². The third kappa shape index (κ3) is 3.51. The van der Waals surface area contributed by atoms with Crippen LogP contribution in [-0.2, 0) is 19.1 Å². The molecule has 16 heavy (non-hydrogen) atoms. The van der Waals surface area contributed by atoms with Gasteiger partial charge < -0.3 is 9.47 Å². The first-order valence-electron chi connectivity index (χ1n) is 5.81. The van der Waals surface area contributed by atoms with Crippen molar-refractivity contribution in [3.05, 3.63) is 0 Å². The monoisotopic (exact) mass is 228 g/mol. The van der Waals surface area contributed by atoms with Crippen LogP contribution in [-0.4, -0.2) is 24.1 Å². The zero-order chi connectivity index (χ0) is 12.3. The Balaban J connectivity index is 2.56. The predicted molar refractivity (Wildman–Crippen MR) is 58.7 cm³/mol. The van der Waals surface area contributed by atoms with Gasteiger partial charge in [0.1, 0.15) is 0 Å². The lowest BCUT2D eigenvalue weighted by Gasteiger charge is -2.29. The first-order valence-corrected chi connectivity index (χ1v) is 5.81. The fourth-order valence-electron chi connectivity index (χ4n) is 1.67. The Bertz CT molecular complexity index is 242. The Kier molecular flexibility index (Phi) is 4.33. The van der Waals surface area contributed by atoms with Crippen LogP contribution in [0.4, 0.5) is 0 Å². The van der Waals surface area contributed by atoms with Crippen molar-refractivity contribution in [3.63, 3.8) is 0 Å². The van der Waals surface area contributed by atoms with Gasteiger partial charge in [-0.05, 0) is 24.7 Å². The van der Waals surface area contributed by atoms with Gasteiger partial charge in [-0.1, -0.05) is 27.7 Å². The van der Waals surface area contributed by atoms with Crippen molar-refractivity contribution in [2.75, 3.05) is 0 Å². The second-order valence-electron chi connectivity index (χ2n) is 5.11. The first kappa shape index (κ1) is 13.0. The molecule has 1 saturated heterocycles. The summed E-state index contributed by atoms with van der Waals surface area (Å²) in [6.45, 7) is 7.89. The maximum absolute atomic E-state index is 11.6. The van der Waals surface area contributed by atoms with E-state index in [9.17, 15) is 9.59 Å². The van der Waals surface area contributed by atoms with E-state index in [1.54, 1.807) is 0 Å². The molecule has 0 radical (unpaired) electrons. The van der Waals surface area contributed by atoms with E-state index in [2.05, 4.69) is 0 Å². The average Bonchev–Trinajstić information content (AvgIpc) is 2.11. The number of carbonyl (C=O) groups is 2. The van der Waals surface area contributed by atoms with Gasteiger partial charge in [0, 0.05) is 0 Å². The number of carbonyl (C=O) groups excluding carboxylic acids is 2. The summed E-state index contributed by atoms with van der Waals surface area (Å²) in [5, 5.41) is 0. The fourth-order valence-corrected chi connectivity index (χ4v) is 1.67. The molecule has 1 aliphatic heterocycles. The zero-order valence-corrected chi connectivity index (χ0v) is 10.4. The Hall–Kier alpha value is -1.06. The molecule has 0 aromatic rings. The fraction of sp³-hybridized carbons (Fsp3) is 0.833. The van der Waals surface area contributed by atoms with Gasteiger partial charge in [-0.15, -0.1) is 0 Å². The van der Waals surface area contributed by atoms with Gasteiger partial charge in [0.25, 0.3) is 0 Å². The Labute approximate surface area is 96.3 Å². The molecule has 0 bridgehead atoms. The van der Waals surface area contributed by atoms with E-state index in [1.165, 1.54) is 0 Å². The number of rotatable bonds is 4. The number of esters is 2. The maximum Gasteiger partial charge on any atom is 0.348 e. The molecule has 1 heterocycles. The van der Waals surface area contributed by atoms with Crippen molar-refractivity contribution in [1.82, 2.24) is 0 Å². The molecule has 92 valence electrons. The molecule has 1 rings (SSSR count). The molecule has 1 fully saturated rings. The number of hydrogen-bond acceptors (Lipinski definition) is 4. The second kappa shape index (κ2) is 5.32. The average molecular weight is 228 g/mol. The van der Waals surface area contributed by atoms with Crippen LogP contribution in [0.2, 0.25) is 0 Å². The number of cyclic esters (lactones) is 2. The van der Waals surface area contributed by atoms with Gasteiger partial charge in [-0.2, -0.15) is 0 Å². The van der Waals surface area contributed by atoms with E-state index in [0.717, 1.165) is 0 Å². The summed E-state index contributed by atoms with van der Waals surface area (Å²) in [5.74, 6) is -0.211. The Morgan fingerprint density at radius 3 is 1.44 bits per heavy atom. The number of ether oxygens (including phenoxy) is 2. The SMILES string of the molecule is CC(C)CC1OC(=O)[C@H](CC(C)C)OC1=O. The molecule has 4 heteroatoms. The van der Waals surface area contributed by atoms with Gasteiger partial charge in [-0.25, -0.2) is 9.59 Å². The molecular formula is C12H20O4. The molecule has 0 aromatic heterocycles. The van der Waals surface area contributed by atoms with E-state index in [1.807, 2.05) is 27.7 Å². The highest BCUT2D eigenvalue weighted by Crippen LogP contribution is 2.20. The third-order valence-electron chi connectivity index (χ3n) is 2.41. The minimum absolute atomic E-state index is 0.298. The van der Waals surface area contributed by atoms with Crippen molar-refractivity contribution >= 4 is 11.9 Å². The van der Waals surface area contributed by atoms with Crippen LogP contribution in [0.25, 0.3) is 0 Å². The smallest absolute Gasteiger partial charge is 0.348 e. The molecule has 0 saturated carbocycles. The minimum atomic E-state index is -0.712. The van der Waals surface area contributed by atoms with Crippen molar-refractivity contribution in [2.24, 2.45) is 11.8 Å². The molecule has 0 spiro atoms. The van der Waals surface area contributed by atoms with Crippen LogP contribution in [0.1, 0.15) is 40.5 Å². The zero-order valence-electron chi connectivity index (χ0n) is 10.4. The molecule has 1 aliphatic rings. The molecule has 4 nitrogen and oxygen atoms in total. The van der Waals surface area contributed by atoms with E-state index in [4.69, 9.17) is 9.47 Å². The van der Waals surface area contributed by atoms with Crippen LogP contribution < -0.4 is 0 Å². The molecule has 0 N–H and O–H groups in total. The van der Waals surface area contributed by atoms with Crippen molar-refractivity contribution in [2.45, 2.75) is 52.7 Å². The van der Waals surface area contributed by atoms with E-state index in [0.29, 0.717) is 24.7 Å². The summed E-state index contributed by atoms with van der Waals surface area (Å²) in [7, 11) is 0. The highest BCUT2D eigenvalue weighted by molar-refractivity contribution is 5.87. The highest BCUT2D eigenvalue weighted by Gasteiger charge is 2.38. The highest BCUT2D eigenvalue weighted by atomic mass is 16.6. The molecule has 2 atom stereocenters. The summed E-state index contributed by atoms with van der Waals surface area (Å²) >= 11 is 0. The predicted octanol–water partition coefficient (Wildman–Crippen LogP) is 1.92. The van der Waals surface area contributed by atoms with Gasteiger partial charge in [-0.3, -0.25) is 0 Å². The molecule has 1 unspecified atom stereocenters. The molecule has 0 aliphatic carbocycles. The largest absolute Gasteiger partial charge is 0.448 e. The second-order valence-corrected chi connectivity index (χ2v) is 5.11. The topological polar surface area (TPSA) is 52.6 Å². The lowest BCUT2D eigenvalue weighted by atomic mass is 10.0. The van der Waals surface area contributed by atoms with Crippen LogP contribution in [0.3, 0.4) is 0 Å². The lowest BCUT2D eigenvalue weighted by Crippen LogP contribution is -2.45. The van der Waals surface area contributed by atoms with E-state index in [-0.39, 0.29) is 0 Å². The van der Waals surface area contributed by atoms with Crippen LogP contribution in [0, 0.1) is 11.8 Å². The van der Waals surface area contributed by atoms with Crippen molar-refractivity contribution in [1.29, 1.82) is 0 Å². The van der Waals surface area contributed by atoms with Gasteiger partial charge in [0.05, 0.1) is 0 Å². The summed E-state index contributed by atoms with van der Waals surface area (Å²) < 4.78 is 10.2. The van der Waals surface area contributed by atoms with Crippen LogP contribution in [0.15, 0.2) is 0 Å². The van der Waals surface area contributed by atoms with Crippen LogP contribution in [0.5, 0.6) is 0 Å². The van der Waals surface area contributed by atoms with E-state index < -0.39 is 24.1 Å². The standard InChI is InChI=1S/C12H20O4/c1-7(2)5-9-11(13)16-10(6-8(3)4)12(14)15-9/h7-10H,5-6H2,1-4H3/t9-,10?/m0/s1. The van der Waals surface area contributed by atoms with Crippen molar-refractivity contribution in [3.8, 4) is 0 Å². The normalized spacial score (nSPS) is 25.9. The first-order chi connectivity index (χ1) is 7.40. The lowest BCUT2D eigenvalue weighted by molar-refractivity contribution is -0.197. The summed E-state index contributed by atoms with van der Waals surface area (Å²) in [6.07, 6.45) is -0.371. The maximum atomic E-state index is 11.6. The van der Waals surface area contributed by atoms with E-state index >= 15 is 0 Å². The molecule has 0 amide bonds. The van der Waals surface area contributed by atoms with Gasteiger partial charge in [0.15, 0.2) is 12.2 Å². The Morgan fingerprint density at radius 1 is 0.875 bits per heavy atom. The summed E-state index contributed by atoms with van der Waals surface area (Å²) in [6, 6.07) is 0. The molecule has 0 aromatic carbocycles. The summed E-state index contributed by atoms with van der Waals surface area (Å²) in [5.41, 5.74) is 0.